The third-order valence-corrected chi connectivity index (χ3v) is 3.76. The van der Waals surface area contributed by atoms with E-state index in [0.29, 0.717) is 21.3 Å². The summed E-state index contributed by atoms with van der Waals surface area (Å²) in [6.07, 6.45) is 1.47. The summed E-state index contributed by atoms with van der Waals surface area (Å²) in [5.41, 5.74) is -0.0549. The first-order valence-corrected chi connectivity index (χ1v) is 7.24. The Hall–Kier alpha value is -0.720. The van der Waals surface area contributed by atoms with Gasteiger partial charge in [-0.05, 0) is 40.7 Å². The van der Waals surface area contributed by atoms with E-state index in [9.17, 15) is 8.78 Å². The molecule has 2 rings (SSSR count). The number of nitrogens with one attached hydrogen (secondary N) is 1. The third kappa shape index (κ3) is 3.07. The summed E-state index contributed by atoms with van der Waals surface area (Å²) < 4.78 is 34.4. The van der Waals surface area contributed by atoms with Gasteiger partial charge in [0.25, 0.3) is 0 Å². The van der Waals surface area contributed by atoms with Gasteiger partial charge in [0.2, 0.25) is 0 Å². The maximum Gasteiger partial charge on any atom is 0.139 e. The molecule has 1 aromatic carbocycles. The molecule has 0 aliphatic rings. The second kappa shape index (κ2) is 6.15. The fraction of sp³-hybridized carbons (Fsp3) is 0.231. The topological polar surface area (TPSA) is 25.2 Å². The van der Waals surface area contributed by atoms with Gasteiger partial charge < -0.3 is 9.73 Å². The van der Waals surface area contributed by atoms with Crippen molar-refractivity contribution in [2.45, 2.75) is 13.0 Å². The van der Waals surface area contributed by atoms with Gasteiger partial charge in [0.05, 0.1) is 16.8 Å². The van der Waals surface area contributed by atoms with E-state index in [4.69, 9.17) is 4.42 Å². The smallest absolute Gasteiger partial charge is 0.139 e. The van der Waals surface area contributed by atoms with Crippen molar-refractivity contribution in [2.75, 3.05) is 6.54 Å². The summed E-state index contributed by atoms with van der Waals surface area (Å²) in [5.74, 6) is -0.802. The Kier molecular flexibility index (Phi) is 4.76. The largest absolute Gasteiger partial charge is 0.466 e. The van der Waals surface area contributed by atoms with Gasteiger partial charge in [-0.2, -0.15) is 0 Å². The molecule has 1 aromatic heterocycles. The summed E-state index contributed by atoms with van der Waals surface area (Å²) in [6, 6.07) is 3.48. The van der Waals surface area contributed by atoms with Crippen LogP contribution in [0.1, 0.15) is 24.3 Å². The molecule has 1 heterocycles. The molecule has 0 saturated heterocycles. The average molecular weight is 395 g/mol. The van der Waals surface area contributed by atoms with Gasteiger partial charge in [-0.15, -0.1) is 0 Å². The van der Waals surface area contributed by atoms with Crippen LogP contribution in [0.25, 0.3) is 0 Å². The molecule has 0 aliphatic heterocycles. The molecule has 1 N–H and O–H groups in total. The van der Waals surface area contributed by atoms with Gasteiger partial charge in [0, 0.05) is 10.0 Å². The Balaban J connectivity index is 2.54. The molecule has 2 nitrogen and oxygen atoms in total. The van der Waals surface area contributed by atoms with E-state index in [2.05, 4.69) is 37.2 Å². The highest BCUT2D eigenvalue weighted by atomic mass is 79.9. The minimum atomic E-state index is -0.678. The summed E-state index contributed by atoms with van der Waals surface area (Å²) in [5, 5.41) is 3.02. The van der Waals surface area contributed by atoms with Gasteiger partial charge in [0.15, 0.2) is 0 Å². The summed E-state index contributed by atoms with van der Waals surface area (Å²) >= 11 is 6.38. The van der Waals surface area contributed by atoms with Crippen LogP contribution in [-0.4, -0.2) is 6.54 Å². The number of furan rings is 1. The van der Waals surface area contributed by atoms with Crippen molar-refractivity contribution in [2.24, 2.45) is 0 Å². The first-order valence-electron chi connectivity index (χ1n) is 5.65. The van der Waals surface area contributed by atoms with Gasteiger partial charge in [-0.25, -0.2) is 8.78 Å². The predicted octanol–water partition coefficient (Wildman–Crippen LogP) is 4.78. The van der Waals surface area contributed by atoms with Crippen LogP contribution in [0.5, 0.6) is 0 Å². The molecule has 0 bridgehead atoms. The maximum absolute atomic E-state index is 14.0. The Morgan fingerprint density at radius 3 is 2.37 bits per heavy atom. The molecular weight excluding hydrogens is 384 g/mol. The van der Waals surface area contributed by atoms with Crippen LogP contribution in [-0.2, 0) is 0 Å². The van der Waals surface area contributed by atoms with E-state index < -0.39 is 17.7 Å². The third-order valence-electron chi connectivity index (χ3n) is 2.65. The van der Waals surface area contributed by atoms with Crippen molar-refractivity contribution in [3.63, 3.8) is 0 Å². The van der Waals surface area contributed by atoms with E-state index in [1.54, 1.807) is 6.07 Å². The van der Waals surface area contributed by atoms with Crippen LogP contribution in [0.15, 0.2) is 37.8 Å². The molecule has 0 fully saturated rings. The van der Waals surface area contributed by atoms with Crippen molar-refractivity contribution in [3.8, 4) is 0 Å². The average Bonchev–Trinajstić information content (AvgIpc) is 2.73. The molecule has 0 aliphatic carbocycles. The van der Waals surface area contributed by atoms with Crippen molar-refractivity contribution in [1.82, 2.24) is 5.32 Å². The fourth-order valence-corrected chi connectivity index (χ4v) is 2.70. The Morgan fingerprint density at radius 2 is 1.89 bits per heavy atom. The SMILES string of the molecule is CCNC(c1occc1Br)c1c(F)cc(Br)cc1F. The maximum atomic E-state index is 14.0. The first kappa shape index (κ1) is 14.7. The number of benzene rings is 1. The highest BCUT2D eigenvalue weighted by Crippen LogP contribution is 2.33. The fourth-order valence-electron chi connectivity index (χ4n) is 1.87. The number of hydrogen-bond donors (Lipinski definition) is 1. The zero-order valence-electron chi connectivity index (χ0n) is 10.0. The van der Waals surface area contributed by atoms with Crippen LogP contribution >= 0.6 is 31.9 Å². The van der Waals surface area contributed by atoms with Crippen molar-refractivity contribution in [1.29, 1.82) is 0 Å². The lowest BCUT2D eigenvalue weighted by molar-refractivity contribution is 0.425. The Labute approximate surface area is 126 Å². The molecule has 2 aromatic rings. The quantitative estimate of drug-likeness (QED) is 0.807. The van der Waals surface area contributed by atoms with Crippen molar-refractivity contribution in [3.05, 3.63) is 56.4 Å². The van der Waals surface area contributed by atoms with Crippen LogP contribution in [0.4, 0.5) is 8.78 Å². The second-order valence-corrected chi connectivity index (χ2v) is 5.68. The molecule has 0 amide bonds. The lowest BCUT2D eigenvalue weighted by Crippen LogP contribution is -2.24. The minimum Gasteiger partial charge on any atom is -0.466 e. The summed E-state index contributed by atoms with van der Waals surface area (Å²) in [6.45, 7) is 2.41. The normalized spacial score (nSPS) is 12.7. The zero-order valence-corrected chi connectivity index (χ0v) is 13.2. The molecular formula is C13H11Br2F2NO. The zero-order chi connectivity index (χ0) is 14.0. The standard InChI is InChI=1S/C13H11Br2F2NO/c1-2-18-12(13-8(15)3-4-19-13)11-9(16)5-7(14)6-10(11)17/h3-6,12,18H,2H2,1H3. The number of rotatable bonds is 4. The molecule has 0 spiro atoms. The van der Waals surface area contributed by atoms with Gasteiger partial charge in [-0.3, -0.25) is 0 Å². The number of halogens is 4. The van der Waals surface area contributed by atoms with Crippen molar-refractivity contribution < 1.29 is 13.2 Å². The van der Waals surface area contributed by atoms with E-state index in [1.807, 2.05) is 6.92 Å². The van der Waals surface area contributed by atoms with Crippen LogP contribution in [0.3, 0.4) is 0 Å². The minimum absolute atomic E-state index is 0.0549. The molecule has 19 heavy (non-hydrogen) atoms. The first-order chi connectivity index (χ1) is 9.04. The lowest BCUT2D eigenvalue weighted by Gasteiger charge is -2.18. The summed E-state index contributed by atoms with van der Waals surface area (Å²) in [4.78, 5) is 0. The second-order valence-electron chi connectivity index (χ2n) is 3.91. The van der Waals surface area contributed by atoms with Crippen LogP contribution < -0.4 is 5.32 Å². The number of hydrogen-bond acceptors (Lipinski definition) is 2. The molecule has 1 unspecified atom stereocenters. The molecule has 102 valence electrons. The van der Waals surface area contributed by atoms with Gasteiger partial charge in [0.1, 0.15) is 17.4 Å². The van der Waals surface area contributed by atoms with Gasteiger partial charge in [-0.1, -0.05) is 22.9 Å². The highest BCUT2D eigenvalue weighted by molar-refractivity contribution is 9.10. The van der Waals surface area contributed by atoms with E-state index >= 15 is 0 Å². The monoisotopic (exact) mass is 393 g/mol. The Bertz CT molecular complexity index is 563. The highest BCUT2D eigenvalue weighted by Gasteiger charge is 2.26. The summed E-state index contributed by atoms with van der Waals surface area (Å²) in [7, 11) is 0. The van der Waals surface area contributed by atoms with Crippen LogP contribution in [0, 0.1) is 11.6 Å². The molecule has 0 saturated carbocycles. The van der Waals surface area contributed by atoms with E-state index in [-0.39, 0.29) is 5.56 Å². The predicted molar refractivity (Wildman–Crippen MR) is 76.0 cm³/mol. The van der Waals surface area contributed by atoms with Crippen molar-refractivity contribution >= 4 is 31.9 Å². The van der Waals surface area contributed by atoms with Gasteiger partial charge >= 0.3 is 0 Å². The van der Waals surface area contributed by atoms with Crippen LogP contribution in [0.2, 0.25) is 0 Å². The lowest BCUT2D eigenvalue weighted by atomic mass is 10.0. The molecule has 1 atom stereocenters. The Morgan fingerprint density at radius 1 is 1.26 bits per heavy atom. The van der Waals surface area contributed by atoms with E-state index in [0.717, 1.165) is 0 Å². The van der Waals surface area contributed by atoms with E-state index in [1.165, 1.54) is 18.4 Å². The molecule has 6 heteroatoms. The molecule has 0 radical (unpaired) electrons.